The average Bonchev–Trinajstić information content (AvgIpc) is 2.20. The third-order valence-corrected chi connectivity index (χ3v) is 2.74. The van der Waals surface area contributed by atoms with E-state index in [-0.39, 0.29) is 0 Å². The van der Waals surface area contributed by atoms with Crippen LogP contribution in [0.5, 0.6) is 0 Å². The van der Waals surface area contributed by atoms with Crippen molar-refractivity contribution in [3.8, 4) is 0 Å². The van der Waals surface area contributed by atoms with Crippen LogP contribution < -0.4 is 0 Å². The normalized spacial score (nSPS) is 11.3. The molecule has 0 heterocycles. The van der Waals surface area contributed by atoms with Crippen molar-refractivity contribution in [3.05, 3.63) is 38.3 Å². The number of carbonyl (C=O) groups excluding carboxylic acids is 1. The smallest absolute Gasteiger partial charge is 0.344 e. The largest absolute Gasteiger partial charge is 0.465 e. The molecule has 0 saturated carbocycles. The summed E-state index contributed by atoms with van der Waals surface area (Å²) in [5.74, 6) is -0.457. The summed E-state index contributed by atoms with van der Waals surface area (Å²) in [5.41, 5.74) is 0.693. The number of ether oxygens (including phenoxy) is 1. The van der Waals surface area contributed by atoms with Crippen LogP contribution >= 0.6 is 39.1 Å². The summed E-state index contributed by atoms with van der Waals surface area (Å²) in [4.78, 5) is 11.1. The van der Waals surface area contributed by atoms with Crippen LogP contribution in [0.4, 0.5) is 0 Å². The van der Waals surface area contributed by atoms with E-state index >= 15 is 0 Å². The minimum Gasteiger partial charge on any atom is -0.465 e. The summed E-state index contributed by atoms with van der Waals surface area (Å²) >= 11 is 14.7. The molecule has 0 radical (unpaired) electrons. The van der Waals surface area contributed by atoms with Crippen LogP contribution in [-0.2, 0) is 9.53 Å². The molecule has 2 nitrogen and oxygen atoms in total. The lowest BCUT2D eigenvalue weighted by molar-refractivity contribution is -0.135. The number of benzene rings is 1. The van der Waals surface area contributed by atoms with Gasteiger partial charge in [-0.1, -0.05) is 29.3 Å². The molecule has 0 spiro atoms. The first-order valence-corrected chi connectivity index (χ1v) is 5.50. The van der Waals surface area contributed by atoms with E-state index in [4.69, 9.17) is 23.2 Å². The maximum atomic E-state index is 11.1. The van der Waals surface area contributed by atoms with Crippen LogP contribution in [0.1, 0.15) is 5.56 Å². The zero-order valence-electron chi connectivity index (χ0n) is 7.76. The Morgan fingerprint density at radius 2 is 2.13 bits per heavy atom. The van der Waals surface area contributed by atoms with Crippen LogP contribution in [0, 0.1) is 0 Å². The Bertz CT molecular complexity index is 416. The van der Waals surface area contributed by atoms with E-state index in [2.05, 4.69) is 20.7 Å². The second-order valence-corrected chi connectivity index (χ2v) is 4.35. The minimum atomic E-state index is -0.457. The van der Waals surface area contributed by atoms with Gasteiger partial charge in [0.05, 0.1) is 7.11 Å². The van der Waals surface area contributed by atoms with Gasteiger partial charge >= 0.3 is 5.97 Å². The van der Waals surface area contributed by atoms with Crippen molar-refractivity contribution in [3.63, 3.8) is 0 Å². The molecule has 0 aliphatic heterocycles. The van der Waals surface area contributed by atoms with Crippen LogP contribution in [0.25, 0.3) is 6.08 Å². The summed E-state index contributed by atoms with van der Waals surface area (Å²) in [6.07, 6.45) is 1.57. The van der Waals surface area contributed by atoms with E-state index in [0.29, 0.717) is 20.1 Å². The lowest BCUT2D eigenvalue weighted by Gasteiger charge is -2.00. The molecule has 0 aliphatic rings. The van der Waals surface area contributed by atoms with Crippen molar-refractivity contribution < 1.29 is 9.53 Å². The molecule has 0 amide bonds. The SMILES string of the molecule is COC(=O)/C(Br)=C/c1ccc(Cl)cc1Cl. The van der Waals surface area contributed by atoms with Crippen molar-refractivity contribution in [1.29, 1.82) is 0 Å². The van der Waals surface area contributed by atoms with Gasteiger partial charge in [0.25, 0.3) is 0 Å². The molecule has 0 aliphatic carbocycles. The van der Waals surface area contributed by atoms with E-state index < -0.39 is 5.97 Å². The van der Waals surface area contributed by atoms with Crippen LogP contribution in [-0.4, -0.2) is 13.1 Å². The van der Waals surface area contributed by atoms with Crippen LogP contribution in [0.15, 0.2) is 22.7 Å². The van der Waals surface area contributed by atoms with Gasteiger partial charge in [-0.15, -0.1) is 0 Å². The number of rotatable bonds is 2. The van der Waals surface area contributed by atoms with Crippen LogP contribution in [0.3, 0.4) is 0 Å². The Kier molecular flexibility index (Phi) is 4.64. The summed E-state index contributed by atoms with van der Waals surface area (Å²) < 4.78 is 4.82. The lowest BCUT2D eigenvalue weighted by atomic mass is 10.2. The van der Waals surface area contributed by atoms with Crippen molar-refractivity contribution in [2.75, 3.05) is 7.11 Å². The van der Waals surface area contributed by atoms with E-state index in [9.17, 15) is 4.79 Å². The van der Waals surface area contributed by atoms with Crippen molar-refractivity contribution in [2.45, 2.75) is 0 Å². The van der Waals surface area contributed by atoms with Crippen molar-refractivity contribution in [1.82, 2.24) is 0 Å². The quantitative estimate of drug-likeness (QED) is 0.612. The molecule has 15 heavy (non-hydrogen) atoms. The van der Waals surface area contributed by atoms with E-state index in [1.165, 1.54) is 7.11 Å². The Morgan fingerprint density at radius 1 is 1.47 bits per heavy atom. The molecule has 0 bridgehead atoms. The first-order chi connectivity index (χ1) is 7.04. The zero-order chi connectivity index (χ0) is 11.4. The van der Waals surface area contributed by atoms with Gasteiger partial charge in [0, 0.05) is 10.0 Å². The van der Waals surface area contributed by atoms with Gasteiger partial charge in [0.15, 0.2) is 0 Å². The fourth-order valence-corrected chi connectivity index (χ4v) is 1.78. The van der Waals surface area contributed by atoms with Gasteiger partial charge in [-0.25, -0.2) is 4.79 Å². The molecule has 1 aromatic carbocycles. The van der Waals surface area contributed by atoms with Gasteiger partial charge in [0.2, 0.25) is 0 Å². The second kappa shape index (κ2) is 5.54. The molecule has 1 rings (SSSR count). The average molecular weight is 310 g/mol. The Hall–Kier alpha value is -0.510. The Morgan fingerprint density at radius 3 is 2.67 bits per heavy atom. The minimum absolute atomic E-state index is 0.300. The number of hydrogen-bond acceptors (Lipinski definition) is 2. The molecular weight excluding hydrogens is 303 g/mol. The zero-order valence-corrected chi connectivity index (χ0v) is 10.9. The first-order valence-electron chi connectivity index (χ1n) is 3.95. The molecule has 0 fully saturated rings. The van der Waals surface area contributed by atoms with Gasteiger partial charge < -0.3 is 4.74 Å². The highest BCUT2D eigenvalue weighted by Gasteiger charge is 2.06. The molecule has 0 atom stereocenters. The highest BCUT2D eigenvalue weighted by Crippen LogP contribution is 2.24. The number of halogens is 3. The number of esters is 1. The summed E-state index contributed by atoms with van der Waals surface area (Å²) in [5, 5.41) is 1.02. The predicted molar refractivity (Wildman–Crippen MR) is 65.4 cm³/mol. The molecule has 1 aromatic rings. The maximum Gasteiger partial charge on any atom is 0.344 e. The van der Waals surface area contributed by atoms with Gasteiger partial charge in [-0.2, -0.15) is 0 Å². The highest BCUT2D eigenvalue weighted by molar-refractivity contribution is 9.12. The third-order valence-electron chi connectivity index (χ3n) is 1.63. The lowest BCUT2D eigenvalue weighted by Crippen LogP contribution is -1.98. The summed E-state index contributed by atoms with van der Waals surface area (Å²) in [6, 6.07) is 5.01. The Balaban J connectivity index is 3.03. The third kappa shape index (κ3) is 3.52. The van der Waals surface area contributed by atoms with Crippen LogP contribution in [0.2, 0.25) is 10.0 Å². The fraction of sp³-hybridized carbons (Fsp3) is 0.100. The predicted octanol–water partition coefficient (Wildman–Crippen LogP) is 3.90. The number of hydrogen-bond donors (Lipinski definition) is 0. The molecule has 0 unspecified atom stereocenters. The van der Waals surface area contributed by atoms with Gasteiger partial charge in [0.1, 0.15) is 4.48 Å². The number of methoxy groups -OCH3 is 1. The second-order valence-electron chi connectivity index (χ2n) is 2.65. The molecule has 0 N–H and O–H groups in total. The fourth-order valence-electron chi connectivity index (χ4n) is 0.912. The topological polar surface area (TPSA) is 26.3 Å². The van der Waals surface area contributed by atoms with E-state index in [0.717, 1.165) is 0 Å². The monoisotopic (exact) mass is 308 g/mol. The standard InChI is InChI=1S/C10H7BrCl2O2/c1-15-10(14)8(11)4-6-2-3-7(12)5-9(6)13/h2-5H,1H3/b8-4-. The summed E-state index contributed by atoms with van der Waals surface area (Å²) in [7, 11) is 1.31. The van der Waals surface area contributed by atoms with Crippen molar-refractivity contribution >= 4 is 51.2 Å². The first kappa shape index (κ1) is 12.6. The van der Waals surface area contributed by atoms with Gasteiger partial charge in [-0.3, -0.25) is 0 Å². The van der Waals surface area contributed by atoms with Gasteiger partial charge in [-0.05, 0) is 39.7 Å². The van der Waals surface area contributed by atoms with E-state index in [1.54, 1.807) is 24.3 Å². The molecule has 5 heteroatoms. The van der Waals surface area contributed by atoms with Crippen molar-refractivity contribution in [2.24, 2.45) is 0 Å². The molecule has 0 aromatic heterocycles. The van der Waals surface area contributed by atoms with E-state index in [1.807, 2.05) is 0 Å². The maximum absolute atomic E-state index is 11.1. The highest BCUT2D eigenvalue weighted by atomic mass is 79.9. The molecular formula is C10H7BrCl2O2. The molecule has 0 saturated heterocycles. The Labute approximate surface area is 106 Å². The molecule has 80 valence electrons. The summed E-state index contributed by atoms with van der Waals surface area (Å²) in [6.45, 7) is 0. The number of carbonyl (C=O) groups is 1.